The molecule has 3 aromatic carbocycles. The van der Waals surface area contributed by atoms with Crippen LogP contribution in [0.4, 0.5) is 5.69 Å². The number of aryl methyl sites for hydroxylation is 2. The maximum Gasteiger partial charge on any atom is 0.254 e. The van der Waals surface area contributed by atoms with Crippen molar-refractivity contribution >= 4 is 35.6 Å². The zero-order valence-electron chi connectivity index (χ0n) is 23.3. The van der Waals surface area contributed by atoms with Crippen LogP contribution in [0.5, 0.6) is 0 Å². The van der Waals surface area contributed by atoms with E-state index in [1.807, 2.05) is 24.1 Å². The monoisotopic (exact) mass is 521 g/mol. The SMILES string of the molecule is CCCCN(C)C(=O)c1ccccc1C1=c2cc3c(cc2[Si](C)(C)c2cc4c(cc21)CCCN4)=NCCC3. The van der Waals surface area contributed by atoms with Gasteiger partial charge in [-0.05, 0) is 106 Å². The molecule has 0 fully saturated rings. The van der Waals surface area contributed by atoms with Gasteiger partial charge in [-0.15, -0.1) is 0 Å². The van der Waals surface area contributed by atoms with Crippen molar-refractivity contribution in [3.8, 4) is 0 Å². The molecule has 0 saturated heterocycles. The highest BCUT2D eigenvalue weighted by Gasteiger charge is 2.37. The van der Waals surface area contributed by atoms with E-state index in [9.17, 15) is 4.79 Å². The van der Waals surface area contributed by atoms with Gasteiger partial charge in [0, 0.05) is 37.9 Å². The van der Waals surface area contributed by atoms with Gasteiger partial charge in [0.2, 0.25) is 0 Å². The van der Waals surface area contributed by atoms with Gasteiger partial charge in [-0.1, -0.05) is 44.6 Å². The second-order valence-corrected chi connectivity index (χ2v) is 16.1. The molecule has 38 heavy (non-hydrogen) atoms. The Hall–Kier alpha value is -3.18. The number of amides is 1. The second-order valence-electron chi connectivity index (χ2n) is 11.7. The summed E-state index contributed by atoms with van der Waals surface area (Å²) in [6.45, 7) is 9.88. The maximum atomic E-state index is 13.8. The summed E-state index contributed by atoms with van der Waals surface area (Å²) in [7, 11) is -0.0825. The molecule has 0 saturated carbocycles. The van der Waals surface area contributed by atoms with Crippen LogP contribution in [0.25, 0.3) is 5.57 Å². The van der Waals surface area contributed by atoms with E-state index >= 15 is 0 Å². The smallest absolute Gasteiger partial charge is 0.254 e. The molecule has 0 spiro atoms. The third-order valence-corrected chi connectivity index (χ3v) is 12.3. The van der Waals surface area contributed by atoms with Crippen molar-refractivity contribution in [1.82, 2.24) is 4.90 Å². The summed E-state index contributed by atoms with van der Waals surface area (Å²) < 4.78 is 0. The van der Waals surface area contributed by atoms with Crippen LogP contribution >= 0.6 is 0 Å². The van der Waals surface area contributed by atoms with Crippen LogP contribution in [0, 0.1) is 0 Å². The van der Waals surface area contributed by atoms with Crippen molar-refractivity contribution in [1.29, 1.82) is 0 Å². The van der Waals surface area contributed by atoms with E-state index in [1.165, 1.54) is 48.9 Å². The number of anilines is 1. The first-order valence-electron chi connectivity index (χ1n) is 14.4. The number of carbonyl (C=O) groups is 1. The summed E-state index contributed by atoms with van der Waals surface area (Å²) in [5, 5.41) is 9.09. The van der Waals surface area contributed by atoms with Gasteiger partial charge in [0.1, 0.15) is 8.07 Å². The fourth-order valence-electron chi connectivity index (χ4n) is 6.59. The van der Waals surface area contributed by atoms with Gasteiger partial charge < -0.3 is 10.2 Å². The Morgan fingerprint density at radius 3 is 2.66 bits per heavy atom. The largest absolute Gasteiger partial charge is 0.385 e. The van der Waals surface area contributed by atoms with E-state index in [1.54, 1.807) is 0 Å². The summed E-state index contributed by atoms with van der Waals surface area (Å²) in [6.07, 6.45) is 6.53. The lowest BCUT2D eigenvalue weighted by Crippen LogP contribution is -2.64. The summed E-state index contributed by atoms with van der Waals surface area (Å²) in [5.41, 5.74) is 8.48. The van der Waals surface area contributed by atoms with Gasteiger partial charge in [-0.25, -0.2) is 0 Å². The van der Waals surface area contributed by atoms with Crippen LogP contribution in [-0.2, 0) is 12.8 Å². The van der Waals surface area contributed by atoms with E-state index in [2.05, 4.69) is 61.7 Å². The number of nitrogens with one attached hydrogen (secondary N) is 1. The number of hydrogen-bond acceptors (Lipinski definition) is 3. The Balaban J connectivity index is 1.68. The van der Waals surface area contributed by atoms with Crippen LogP contribution in [0.1, 0.15) is 65.2 Å². The van der Waals surface area contributed by atoms with E-state index in [-0.39, 0.29) is 5.91 Å². The molecule has 3 aliphatic rings. The van der Waals surface area contributed by atoms with E-state index in [4.69, 9.17) is 4.99 Å². The quantitative estimate of drug-likeness (QED) is 0.518. The van der Waals surface area contributed by atoms with Gasteiger partial charge in [-0.3, -0.25) is 9.79 Å². The van der Waals surface area contributed by atoms with Gasteiger partial charge in [0.25, 0.3) is 5.91 Å². The number of nitrogens with zero attached hydrogens (tertiary/aromatic N) is 2. The van der Waals surface area contributed by atoms with Crippen molar-refractivity contribution in [3.63, 3.8) is 0 Å². The predicted octanol–water partition coefficient (Wildman–Crippen LogP) is 3.87. The fraction of sp³-hybridized carbons (Fsp3) is 0.394. The second kappa shape index (κ2) is 9.85. The van der Waals surface area contributed by atoms with Crippen LogP contribution in [0.15, 0.2) is 53.5 Å². The number of hydrogen-bond donors (Lipinski definition) is 1. The topological polar surface area (TPSA) is 44.7 Å². The molecular weight excluding hydrogens is 482 g/mol. The summed E-state index contributed by atoms with van der Waals surface area (Å²) in [4.78, 5) is 20.7. The van der Waals surface area contributed by atoms with E-state index < -0.39 is 8.07 Å². The number of carbonyl (C=O) groups excluding carboxylic acids is 1. The Labute approximate surface area is 227 Å². The van der Waals surface area contributed by atoms with Crippen LogP contribution in [0.3, 0.4) is 0 Å². The standard InChI is InChI=1S/C33H39N3OSi/c1-5-6-17-36(2)33(37)25-14-8-7-13-24(25)32-26-18-22-11-9-15-34-28(22)20-30(26)38(3,4)31-21-29-23(19-27(31)32)12-10-16-35-29/h7-8,13-14,18-21,34H,5-6,9-12,15-17H2,1-4H3. The number of fused-ring (bicyclic) bond motifs is 4. The lowest BCUT2D eigenvalue weighted by Gasteiger charge is -2.36. The lowest BCUT2D eigenvalue weighted by molar-refractivity contribution is 0.0793. The highest BCUT2D eigenvalue weighted by molar-refractivity contribution is 7.01. The highest BCUT2D eigenvalue weighted by atomic mass is 28.3. The third-order valence-electron chi connectivity index (χ3n) is 8.79. The number of rotatable bonds is 5. The average Bonchev–Trinajstić information content (AvgIpc) is 2.94. The van der Waals surface area contributed by atoms with E-state index in [0.717, 1.165) is 69.3 Å². The molecule has 0 atom stereocenters. The molecular formula is C33H39N3OSi. The summed E-state index contributed by atoms with van der Waals surface area (Å²) in [6, 6.07) is 18.0. The van der Waals surface area contributed by atoms with Gasteiger partial charge in [-0.2, -0.15) is 0 Å². The molecule has 3 aromatic rings. The van der Waals surface area contributed by atoms with Crippen LogP contribution < -0.4 is 26.3 Å². The minimum Gasteiger partial charge on any atom is -0.385 e. The van der Waals surface area contributed by atoms with Crippen LogP contribution in [0.2, 0.25) is 13.1 Å². The Morgan fingerprint density at radius 2 is 1.82 bits per heavy atom. The summed E-state index contributed by atoms with van der Waals surface area (Å²) in [5.74, 6) is 0.110. The first-order chi connectivity index (χ1) is 18.4. The first-order valence-corrected chi connectivity index (χ1v) is 17.4. The molecule has 1 N–H and O–H groups in total. The zero-order valence-corrected chi connectivity index (χ0v) is 24.3. The molecule has 0 bridgehead atoms. The Bertz CT molecular complexity index is 1560. The first kappa shape index (κ1) is 25.1. The highest BCUT2D eigenvalue weighted by Crippen LogP contribution is 2.32. The minimum absolute atomic E-state index is 0.110. The number of benzene rings is 3. The normalized spacial score (nSPS) is 16.8. The number of unbranched alkanes of at least 4 members (excludes halogenated alkanes) is 1. The Morgan fingerprint density at radius 1 is 1.00 bits per heavy atom. The molecule has 3 heterocycles. The van der Waals surface area contributed by atoms with Crippen molar-refractivity contribution in [2.75, 3.05) is 32.0 Å². The van der Waals surface area contributed by atoms with Gasteiger partial charge in [0.15, 0.2) is 0 Å². The van der Waals surface area contributed by atoms with Crippen LogP contribution in [-0.4, -0.2) is 45.6 Å². The molecule has 196 valence electrons. The molecule has 4 nitrogen and oxygen atoms in total. The molecule has 5 heteroatoms. The fourth-order valence-corrected chi connectivity index (χ4v) is 9.62. The zero-order chi connectivity index (χ0) is 26.4. The Kier molecular flexibility index (Phi) is 6.51. The van der Waals surface area contributed by atoms with Crippen molar-refractivity contribution in [2.24, 2.45) is 4.99 Å². The predicted molar refractivity (Wildman–Crippen MR) is 160 cm³/mol. The van der Waals surface area contributed by atoms with Gasteiger partial charge in [0.05, 0.1) is 5.36 Å². The molecule has 6 rings (SSSR count). The molecule has 0 radical (unpaired) electrons. The lowest BCUT2D eigenvalue weighted by atomic mass is 9.88. The molecule has 1 amide bonds. The molecule has 0 aliphatic carbocycles. The van der Waals surface area contributed by atoms with Crippen molar-refractivity contribution in [3.05, 3.63) is 86.9 Å². The van der Waals surface area contributed by atoms with Crippen molar-refractivity contribution < 1.29 is 4.79 Å². The van der Waals surface area contributed by atoms with Gasteiger partial charge >= 0.3 is 0 Å². The minimum atomic E-state index is -2.03. The van der Waals surface area contributed by atoms with Crippen molar-refractivity contribution in [2.45, 2.75) is 58.5 Å². The molecule has 0 unspecified atom stereocenters. The molecule has 3 aliphatic heterocycles. The molecule has 0 aromatic heterocycles. The maximum absolute atomic E-state index is 13.8. The third kappa shape index (κ3) is 4.12. The van der Waals surface area contributed by atoms with E-state index in [0.29, 0.717) is 0 Å². The summed E-state index contributed by atoms with van der Waals surface area (Å²) >= 11 is 0. The average molecular weight is 522 g/mol.